The molecule has 32 heavy (non-hydrogen) atoms. The molecule has 0 saturated heterocycles. The topological polar surface area (TPSA) is 74.6 Å². The van der Waals surface area contributed by atoms with Crippen molar-refractivity contribution in [2.24, 2.45) is 0 Å². The van der Waals surface area contributed by atoms with E-state index in [1.54, 1.807) is 48.5 Å². The van der Waals surface area contributed by atoms with Crippen molar-refractivity contribution in [1.29, 1.82) is 0 Å². The van der Waals surface area contributed by atoms with Gasteiger partial charge in [0.2, 0.25) is 0 Å². The predicted molar refractivity (Wildman–Crippen MR) is 124 cm³/mol. The molecule has 0 aliphatic heterocycles. The summed E-state index contributed by atoms with van der Waals surface area (Å²) in [5.74, 6) is -1.96. The van der Waals surface area contributed by atoms with Crippen LogP contribution in [0.4, 0.5) is 0 Å². The summed E-state index contributed by atoms with van der Waals surface area (Å²) in [6.07, 6.45) is 0. The number of hydrogen-bond acceptors (Lipinski definition) is 2. The van der Waals surface area contributed by atoms with Crippen LogP contribution in [0, 0.1) is 0 Å². The fourth-order valence-electron chi connectivity index (χ4n) is 4.30. The number of benzene rings is 4. The van der Waals surface area contributed by atoms with Crippen LogP contribution in [0.1, 0.15) is 43.0 Å². The zero-order valence-corrected chi connectivity index (χ0v) is 16.9. The van der Waals surface area contributed by atoms with E-state index in [4.69, 9.17) is 0 Å². The summed E-state index contributed by atoms with van der Waals surface area (Å²) in [7, 11) is 0. The average Bonchev–Trinajstić information content (AvgIpc) is 3.15. The van der Waals surface area contributed by atoms with Gasteiger partial charge in [0.1, 0.15) is 0 Å². The SMILES string of the molecule is O=C(O)c1ccc(C(=C2c3ccccc3-c3ccccc32)c2ccc(C(=O)O)cc2)cc1. The van der Waals surface area contributed by atoms with Crippen LogP contribution in [0.5, 0.6) is 0 Å². The van der Waals surface area contributed by atoms with E-state index in [0.717, 1.165) is 44.5 Å². The molecule has 0 heterocycles. The van der Waals surface area contributed by atoms with Crippen molar-refractivity contribution in [1.82, 2.24) is 0 Å². The number of carboxylic acids is 2. The van der Waals surface area contributed by atoms with Crippen LogP contribution >= 0.6 is 0 Å². The molecule has 0 radical (unpaired) electrons. The van der Waals surface area contributed by atoms with Crippen LogP contribution in [0.25, 0.3) is 22.3 Å². The lowest BCUT2D eigenvalue weighted by molar-refractivity contribution is 0.0686. The lowest BCUT2D eigenvalue weighted by Crippen LogP contribution is -2.00. The molecule has 0 bridgehead atoms. The third-order valence-electron chi connectivity index (χ3n) is 5.77. The minimum absolute atomic E-state index is 0.214. The van der Waals surface area contributed by atoms with Crippen molar-refractivity contribution in [3.8, 4) is 11.1 Å². The molecule has 0 spiro atoms. The van der Waals surface area contributed by atoms with Gasteiger partial charge in [-0.25, -0.2) is 9.59 Å². The Hall–Kier alpha value is -4.44. The van der Waals surface area contributed by atoms with Crippen molar-refractivity contribution in [2.75, 3.05) is 0 Å². The maximum Gasteiger partial charge on any atom is 0.335 e. The molecule has 4 nitrogen and oxygen atoms in total. The van der Waals surface area contributed by atoms with E-state index in [9.17, 15) is 19.8 Å². The Bertz CT molecular complexity index is 1290. The first-order valence-electron chi connectivity index (χ1n) is 10.2. The third kappa shape index (κ3) is 3.19. The first kappa shape index (κ1) is 19.5. The maximum atomic E-state index is 11.4. The zero-order chi connectivity index (χ0) is 22.2. The Balaban J connectivity index is 1.83. The molecule has 0 fully saturated rings. The standard InChI is InChI=1S/C28H18O4/c29-27(30)19-13-9-17(10-14-19)25(18-11-15-20(16-12-18)28(31)32)26-23-7-3-1-5-21(23)22-6-2-4-8-24(22)26/h1-16H,(H,29,30)(H,31,32). The summed E-state index contributed by atoms with van der Waals surface area (Å²) in [5.41, 5.74) is 8.58. The number of rotatable bonds is 4. The van der Waals surface area contributed by atoms with Gasteiger partial charge >= 0.3 is 11.9 Å². The minimum atomic E-state index is -0.979. The second kappa shape index (κ2) is 7.67. The monoisotopic (exact) mass is 418 g/mol. The normalized spacial score (nSPS) is 11.6. The molecule has 154 valence electrons. The highest BCUT2D eigenvalue weighted by molar-refractivity contribution is 6.13. The molecule has 0 atom stereocenters. The summed E-state index contributed by atoms with van der Waals surface area (Å²) in [6.45, 7) is 0. The number of carbonyl (C=O) groups is 2. The molecule has 4 heteroatoms. The van der Waals surface area contributed by atoms with Gasteiger partial charge in [0, 0.05) is 0 Å². The van der Waals surface area contributed by atoms with E-state index in [1.165, 1.54) is 0 Å². The molecular weight excluding hydrogens is 400 g/mol. The molecule has 2 N–H and O–H groups in total. The van der Waals surface area contributed by atoms with Crippen molar-refractivity contribution >= 4 is 23.1 Å². The Kier molecular flexibility index (Phi) is 4.68. The van der Waals surface area contributed by atoms with Crippen molar-refractivity contribution in [3.63, 3.8) is 0 Å². The van der Waals surface area contributed by atoms with Crippen molar-refractivity contribution < 1.29 is 19.8 Å². The molecule has 0 saturated carbocycles. The van der Waals surface area contributed by atoms with Gasteiger partial charge in [-0.3, -0.25) is 0 Å². The van der Waals surface area contributed by atoms with Crippen LogP contribution in [0.2, 0.25) is 0 Å². The quantitative estimate of drug-likeness (QED) is 0.371. The fourth-order valence-corrected chi connectivity index (χ4v) is 4.30. The maximum absolute atomic E-state index is 11.4. The molecule has 1 aliphatic rings. The minimum Gasteiger partial charge on any atom is -0.478 e. The lowest BCUT2D eigenvalue weighted by atomic mass is 9.87. The number of carboxylic acid groups (broad SMARTS) is 2. The van der Waals surface area contributed by atoms with E-state index in [-0.39, 0.29) is 11.1 Å². The summed E-state index contributed by atoms with van der Waals surface area (Å²) < 4.78 is 0. The third-order valence-corrected chi connectivity index (χ3v) is 5.77. The highest BCUT2D eigenvalue weighted by atomic mass is 16.4. The molecule has 4 aromatic carbocycles. The van der Waals surface area contributed by atoms with Gasteiger partial charge in [-0.15, -0.1) is 0 Å². The average molecular weight is 418 g/mol. The highest BCUT2D eigenvalue weighted by Crippen LogP contribution is 2.48. The van der Waals surface area contributed by atoms with Gasteiger partial charge in [-0.05, 0) is 68.8 Å². The van der Waals surface area contributed by atoms with Crippen molar-refractivity contribution in [3.05, 3.63) is 130 Å². The van der Waals surface area contributed by atoms with E-state index >= 15 is 0 Å². The molecule has 0 aromatic heterocycles. The van der Waals surface area contributed by atoms with Crippen molar-refractivity contribution in [2.45, 2.75) is 0 Å². The van der Waals surface area contributed by atoms with Gasteiger partial charge in [0.25, 0.3) is 0 Å². The van der Waals surface area contributed by atoms with Crippen LogP contribution in [0.3, 0.4) is 0 Å². The highest BCUT2D eigenvalue weighted by Gasteiger charge is 2.27. The summed E-state index contributed by atoms with van der Waals surface area (Å²) >= 11 is 0. The molecule has 0 amide bonds. The molecule has 0 unspecified atom stereocenters. The van der Waals surface area contributed by atoms with E-state index in [2.05, 4.69) is 24.3 Å². The van der Waals surface area contributed by atoms with Gasteiger partial charge in [0.15, 0.2) is 0 Å². The lowest BCUT2D eigenvalue weighted by Gasteiger charge is -2.15. The van der Waals surface area contributed by atoms with E-state index in [1.807, 2.05) is 24.3 Å². The second-order valence-electron chi connectivity index (χ2n) is 7.61. The first-order chi connectivity index (χ1) is 15.5. The smallest absolute Gasteiger partial charge is 0.335 e. The molecular formula is C28H18O4. The molecule has 4 aromatic rings. The largest absolute Gasteiger partial charge is 0.478 e. The number of fused-ring (bicyclic) bond motifs is 3. The van der Waals surface area contributed by atoms with E-state index < -0.39 is 11.9 Å². The number of aromatic carboxylic acids is 2. The fraction of sp³-hybridized carbons (Fsp3) is 0. The summed E-state index contributed by atoms with van der Waals surface area (Å²) in [5, 5.41) is 18.6. The van der Waals surface area contributed by atoms with Gasteiger partial charge in [-0.1, -0.05) is 72.8 Å². The first-order valence-corrected chi connectivity index (χ1v) is 10.2. The van der Waals surface area contributed by atoms with Crippen LogP contribution < -0.4 is 0 Å². The number of hydrogen-bond donors (Lipinski definition) is 2. The van der Waals surface area contributed by atoms with E-state index in [0.29, 0.717) is 0 Å². The summed E-state index contributed by atoms with van der Waals surface area (Å²) in [4.78, 5) is 22.7. The molecule has 1 aliphatic carbocycles. The van der Waals surface area contributed by atoms with Gasteiger partial charge in [0.05, 0.1) is 11.1 Å². The molecule has 5 rings (SSSR count). The summed E-state index contributed by atoms with van der Waals surface area (Å²) in [6, 6.07) is 30.0. The Labute approximate surface area is 184 Å². The Morgan fingerprint density at radius 2 is 0.750 bits per heavy atom. The Morgan fingerprint density at radius 1 is 0.438 bits per heavy atom. The second-order valence-corrected chi connectivity index (χ2v) is 7.61. The predicted octanol–water partition coefficient (Wildman–Crippen LogP) is 6.07. The van der Waals surface area contributed by atoms with Crippen LogP contribution in [-0.2, 0) is 0 Å². The van der Waals surface area contributed by atoms with Gasteiger partial charge < -0.3 is 10.2 Å². The zero-order valence-electron chi connectivity index (χ0n) is 16.9. The van der Waals surface area contributed by atoms with Gasteiger partial charge in [-0.2, -0.15) is 0 Å². The van der Waals surface area contributed by atoms with Crippen LogP contribution in [-0.4, -0.2) is 22.2 Å². The Morgan fingerprint density at radius 3 is 1.09 bits per heavy atom. The van der Waals surface area contributed by atoms with Crippen LogP contribution in [0.15, 0.2) is 97.1 Å².